The second-order valence-corrected chi connectivity index (χ2v) is 14.1. The summed E-state index contributed by atoms with van der Waals surface area (Å²) in [5, 5.41) is 0. The van der Waals surface area contributed by atoms with Gasteiger partial charge < -0.3 is 37.3 Å². The summed E-state index contributed by atoms with van der Waals surface area (Å²) in [6, 6.07) is 8.91. The van der Waals surface area contributed by atoms with Crippen molar-refractivity contribution in [2.75, 3.05) is 87.8 Å². The molecule has 1 aromatic rings. The normalized spacial score (nSPS) is 15.8. The number of rotatable bonds is 27. The maximum Gasteiger partial charge on any atom is 0.332 e. The average molecular weight is 784 g/mol. The number of ether oxygens (including phenoxy) is 5. The Bertz CT molecular complexity index is 1270. The summed E-state index contributed by atoms with van der Waals surface area (Å²) in [4.78, 5) is 67.1. The summed E-state index contributed by atoms with van der Waals surface area (Å²) in [5.41, 5.74) is 1.18. The topological polar surface area (TPSA) is 169 Å². The zero-order valence-electron chi connectivity index (χ0n) is 32.5. The molecule has 16 nitrogen and oxygen atoms in total. The molecule has 0 amide bonds. The minimum Gasteiger partial charge on any atom is -0.468 e. The molecular formula is C37H58N3O13P. The number of hydrogen-bond donors (Lipinski definition) is 0. The molecule has 0 fully saturated rings. The molecule has 0 radical (unpaired) electrons. The summed E-state index contributed by atoms with van der Waals surface area (Å²) in [7, 11) is 3.48. The van der Waals surface area contributed by atoms with Gasteiger partial charge in [-0.15, -0.1) is 0 Å². The molecule has 1 aromatic carbocycles. The van der Waals surface area contributed by atoms with E-state index >= 15 is 0 Å². The third-order valence-electron chi connectivity index (χ3n) is 8.69. The lowest BCUT2D eigenvalue weighted by atomic mass is 9.87. The lowest BCUT2D eigenvalue weighted by Crippen LogP contribution is -2.54. The largest absolute Gasteiger partial charge is 0.468 e. The summed E-state index contributed by atoms with van der Waals surface area (Å²) >= 11 is 0. The van der Waals surface area contributed by atoms with E-state index in [1.165, 1.54) is 47.9 Å². The number of hydrogen-bond acceptors (Lipinski definition) is 16. The first-order valence-electron chi connectivity index (χ1n) is 17.9. The molecule has 2 rings (SSSR count). The monoisotopic (exact) mass is 783 g/mol. The number of carbonyl (C=O) groups is 5. The summed E-state index contributed by atoms with van der Waals surface area (Å²) in [6.07, 6.45) is 9.00. The molecule has 1 aliphatic carbocycles. The fraction of sp³-hybridized carbons (Fsp3) is 0.649. The summed E-state index contributed by atoms with van der Waals surface area (Å²) < 4.78 is 43.3. The van der Waals surface area contributed by atoms with Crippen LogP contribution >= 0.6 is 8.60 Å². The van der Waals surface area contributed by atoms with Crippen LogP contribution in [-0.4, -0.2) is 144 Å². The zero-order valence-corrected chi connectivity index (χ0v) is 33.4. The number of esters is 5. The number of benzene rings is 1. The Morgan fingerprint density at radius 1 is 0.759 bits per heavy atom. The minimum atomic E-state index is -1.82. The van der Waals surface area contributed by atoms with E-state index in [4.69, 9.17) is 37.3 Å². The van der Waals surface area contributed by atoms with E-state index in [0.717, 1.165) is 32.1 Å². The molecule has 0 saturated heterocycles. The van der Waals surface area contributed by atoms with Gasteiger partial charge in [0.1, 0.15) is 13.5 Å². The Hall–Kier alpha value is -3.50. The van der Waals surface area contributed by atoms with Crippen molar-refractivity contribution >= 4 is 38.4 Å². The molecular weight excluding hydrogens is 725 g/mol. The molecule has 0 N–H and O–H groups in total. The molecule has 54 heavy (non-hydrogen) atoms. The fourth-order valence-corrected chi connectivity index (χ4v) is 6.69. The van der Waals surface area contributed by atoms with Gasteiger partial charge in [-0.1, -0.05) is 42.5 Å². The molecule has 17 heteroatoms. The van der Waals surface area contributed by atoms with E-state index in [1.807, 2.05) is 35.2 Å². The highest BCUT2D eigenvalue weighted by molar-refractivity contribution is 7.41. The van der Waals surface area contributed by atoms with E-state index in [9.17, 15) is 24.0 Å². The first kappa shape index (κ1) is 46.7. The van der Waals surface area contributed by atoms with Gasteiger partial charge in [0, 0.05) is 40.1 Å². The quantitative estimate of drug-likeness (QED) is 0.0317. The molecule has 4 unspecified atom stereocenters. The van der Waals surface area contributed by atoms with Gasteiger partial charge in [0.05, 0.1) is 60.2 Å². The van der Waals surface area contributed by atoms with Crippen molar-refractivity contribution in [1.82, 2.24) is 14.7 Å². The van der Waals surface area contributed by atoms with Gasteiger partial charge in [-0.2, -0.15) is 0 Å². The number of allylic oxidation sites excluding steroid dienone is 2. The van der Waals surface area contributed by atoms with Crippen LogP contribution in [0, 0.1) is 5.92 Å². The highest BCUT2D eigenvalue weighted by Crippen LogP contribution is 2.39. The van der Waals surface area contributed by atoms with Gasteiger partial charge in [-0.25, -0.2) is 4.90 Å². The SMILES string of the molecule is COC(=O)CN(CC(COP(OC)OCCCc1ccccc1)N(COC(C)=O)COC(C)=O)CC(CC1CC=CCC1)N(CC(=O)OC)CC(=O)OC. The molecule has 0 saturated carbocycles. The maximum absolute atomic E-state index is 12.9. The Labute approximate surface area is 320 Å². The Morgan fingerprint density at radius 2 is 1.35 bits per heavy atom. The minimum absolute atomic E-state index is 0.0510. The Morgan fingerprint density at radius 3 is 1.89 bits per heavy atom. The van der Waals surface area contributed by atoms with E-state index in [2.05, 4.69) is 12.2 Å². The van der Waals surface area contributed by atoms with E-state index < -0.39 is 50.5 Å². The van der Waals surface area contributed by atoms with Crippen LogP contribution in [0.3, 0.4) is 0 Å². The second-order valence-electron chi connectivity index (χ2n) is 12.8. The van der Waals surface area contributed by atoms with Gasteiger partial charge in [0.15, 0.2) is 0 Å². The number of nitrogens with zero attached hydrogens (tertiary/aromatic N) is 3. The molecule has 0 spiro atoms. The van der Waals surface area contributed by atoms with Crippen LogP contribution in [-0.2, 0) is 67.6 Å². The van der Waals surface area contributed by atoms with Crippen LogP contribution in [0.25, 0.3) is 0 Å². The van der Waals surface area contributed by atoms with Crippen LogP contribution in [0.4, 0.5) is 0 Å². The molecule has 0 heterocycles. The van der Waals surface area contributed by atoms with E-state index in [-0.39, 0.29) is 58.7 Å². The van der Waals surface area contributed by atoms with Gasteiger partial charge >= 0.3 is 38.4 Å². The van der Waals surface area contributed by atoms with Gasteiger partial charge in [-0.05, 0) is 50.0 Å². The van der Waals surface area contributed by atoms with Crippen molar-refractivity contribution in [3.8, 4) is 0 Å². The zero-order chi connectivity index (χ0) is 39.7. The van der Waals surface area contributed by atoms with Gasteiger partial charge in [0.2, 0.25) is 0 Å². The smallest absolute Gasteiger partial charge is 0.332 e. The molecule has 4 atom stereocenters. The van der Waals surface area contributed by atoms with Gasteiger partial charge in [0.25, 0.3) is 0 Å². The average Bonchev–Trinajstić information content (AvgIpc) is 3.16. The molecule has 304 valence electrons. The first-order chi connectivity index (χ1) is 26.0. The van der Waals surface area contributed by atoms with Crippen LogP contribution in [0.5, 0.6) is 0 Å². The van der Waals surface area contributed by atoms with Crippen molar-refractivity contribution in [3.63, 3.8) is 0 Å². The standard InChI is InChI=1S/C37H58N3O13P/c1-29(41)50-27-40(28-51-30(2)42)34(26-53-54(49-6)52-19-13-18-31-14-9-7-10-15-31)22-38(23-35(43)46-3)21-33(20-32-16-11-8-12-17-32)39(24-36(44)47-4)25-37(45)48-5/h7-11,14-15,32-34H,12-13,16-28H2,1-6H3. The second kappa shape index (κ2) is 27.1. The predicted octanol–water partition coefficient (Wildman–Crippen LogP) is 3.48. The molecule has 0 bridgehead atoms. The third-order valence-corrected chi connectivity index (χ3v) is 9.74. The predicted molar refractivity (Wildman–Crippen MR) is 198 cm³/mol. The van der Waals surface area contributed by atoms with Crippen molar-refractivity contribution in [3.05, 3.63) is 48.0 Å². The van der Waals surface area contributed by atoms with Crippen molar-refractivity contribution < 1.29 is 61.2 Å². The fourth-order valence-electron chi connectivity index (χ4n) is 5.83. The van der Waals surface area contributed by atoms with Crippen molar-refractivity contribution in [1.29, 1.82) is 0 Å². The molecule has 0 aliphatic heterocycles. The van der Waals surface area contributed by atoms with E-state index in [1.54, 1.807) is 9.80 Å². The lowest BCUT2D eigenvalue weighted by Gasteiger charge is -2.39. The molecule has 1 aliphatic rings. The van der Waals surface area contributed by atoms with Crippen LogP contribution in [0.2, 0.25) is 0 Å². The van der Waals surface area contributed by atoms with Crippen LogP contribution in [0.1, 0.15) is 51.5 Å². The summed E-state index contributed by atoms with van der Waals surface area (Å²) in [5.74, 6) is -2.48. The van der Waals surface area contributed by atoms with Crippen LogP contribution < -0.4 is 0 Å². The van der Waals surface area contributed by atoms with Crippen molar-refractivity contribution in [2.45, 2.75) is 64.5 Å². The first-order valence-corrected chi connectivity index (χ1v) is 19.0. The molecule has 0 aromatic heterocycles. The Balaban J connectivity index is 2.43. The lowest BCUT2D eigenvalue weighted by molar-refractivity contribution is -0.159. The summed E-state index contributed by atoms with van der Waals surface area (Å²) in [6.45, 7) is 2.04. The Kier molecular flexibility index (Phi) is 23.4. The van der Waals surface area contributed by atoms with E-state index in [0.29, 0.717) is 13.0 Å². The number of aryl methyl sites for hydroxylation is 1. The number of carbonyl (C=O) groups excluding carboxylic acids is 5. The highest BCUT2D eigenvalue weighted by atomic mass is 31.2. The van der Waals surface area contributed by atoms with Crippen molar-refractivity contribution in [2.24, 2.45) is 5.92 Å². The highest BCUT2D eigenvalue weighted by Gasteiger charge is 2.32. The third kappa shape index (κ3) is 19.7. The maximum atomic E-state index is 12.9. The van der Waals surface area contributed by atoms with Crippen LogP contribution in [0.15, 0.2) is 42.5 Å². The van der Waals surface area contributed by atoms with Gasteiger partial charge in [-0.3, -0.25) is 33.8 Å². The number of methoxy groups -OCH3 is 3.